The molecular formula is C46H85Cl. The van der Waals surface area contributed by atoms with Crippen molar-refractivity contribution in [2.45, 2.75) is 170 Å². The molecule has 0 atom stereocenters. The molecule has 0 aliphatic heterocycles. The van der Waals surface area contributed by atoms with Gasteiger partial charge in [-0.1, -0.05) is 178 Å². The van der Waals surface area contributed by atoms with E-state index < -0.39 is 0 Å². The van der Waals surface area contributed by atoms with Crippen LogP contribution in [0.25, 0.3) is 0 Å². The van der Waals surface area contributed by atoms with Crippen LogP contribution in [0.1, 0.15) is 168 Å². The van der Waals surface area contributed by atoms with Crippen molar-refractivity contribution < 1.29 is 0 Å². The van der Waals surface area contributed by atoms with Crippen LogP contribution in [0.15, 0.2) is 95.7 Å². The number of alkyl halides is 1. The van der Waals surface area contributed by atoms with Gasteiger partial charge in [-0.25, -0.2) is 0 Å². The van der Waals surface area contributed by atoms with E-state index in [1.54, 1.807) is 0 Å². The topological polar surface area (TPSA) is 0 Å². The highest BCUT2D eigenvalue weighted by Crippen LogP contribution is 2.22. The molecule has 0 fully saturated rings. The highest BCUT2D eigenvalue weighted by atomic mass is 35.5. The van der Waals surface area contributed by atoms with Gasteiger partial charge in [0.25, 0.3) is 0 Å². The van der Waals surface area contributed by atoms with E-state index >= 15 is 0 Å². The lowest BCUT2D eigenvalue weighted by atomic mass is 9.88. The maximum atomic E-state index is 5.38. The van der Waals surface area contributed by atoms with Gasteiger partial charge in [0.05, 0.1) is 0 Å². The molecule has 276 valence electrons. The average molecular weight is 674 g/mol. The first-order chi connectivity index (χ1) is 21.7. The van der Waals surface area contributed by atoms with Crippen molar-refractivity contribution in [3.05, 3.63) is 107 Å². The monoisotopic (exact) mass is 673 g/mol. The maximum Gasteiger partial charge on any atom is 0.0430 e. The fraction of sp³-hybridized carbons (Fsp3) is 0.609. The standard InChI is InChI=1S/C13H22.C9H12.C7H16.C6H12.C5H9Cl.C4H8.C2H6/c1-7-12(6)9-13(11(4)5)8-10(2)3;1-3-9-6-4-8(2)5-7-9;1-5-7(3,4)6-2;1-4-5-6(2)3;1-3-5(2)4-6;1-4(2)3;1-2/h8-9,11H,2,7H2,1,3-6H3;4-7H,3H2,1-2H3;5-6H2,1-4H3;2,4-5H2,1,3H3;3H,4H2,1-2H3;1H2,2-3H3;1-2H3/b12-9+,13-8+;;;;5-3+;;. The lowest BCUT2D eigenvalue weighted by Gasteiger charge is -2.18. The number of allylic oxidation sites excluding steroid dienone is 9. The highest BCUT2D eigenvalue weighted by Gasteiger charge is 2.09. The smallest absolute Gasteiger partial charge is 0.0430 e. The molecule has 0 radical (unpaired) electrons. The number of hydrogen-bond acceptors (Lipinski definition) is 0. The maximum absolute atomic E-state index is 5.38. The van der Waals surface area contributed by atoms with Gasteiger partial charge < -0.3 is 0 Å². The summed E-state index contributed by atoms with van der Waals surface area (Å²) in [7, 11) is 0. The largest absolute Gasteiger partial charge is 0.122 e. The zero-order valence-electron chi connectivity index (χ0n) is 35.6. The van der Waals surface area contributed by atoms with Crippen molar-refractivity contribution in [2.75, 3.05) is 5.88 Å². The molecule has 0 nitrogen and oxygen atoms in total. The zero-order valence-corrected chi connectivity index (χ0v) is 36.3. The fourth-order valence-electron chi connectivity index (χ4n) is 2.62. The van der Waals surface area contributed by atoms with Crippen LogP contribution in [-0.2, 0) is 6.42 Å². The minimum absolute atomic E-state index is 0.582. The van der Waals surface area contributed by atoms with Gasteiger partial charge in [0.2, 0.25) is 0 Å². The molecular weight excluding hydrogens is 588 g/mol. The third-order valence-corrected chi connectivity index (χ3v) is 7.30. The van der Waals surface area contributed by atoms with E-state index in [0.717, 1.165) is 18.4 Å². The Morgan fingerprint density at radius 3 is 1.38 bits per heavy atom. The average Bonchev–Trinajstić information content (AvgIpc) is 3.02. The second-order valence-corrected chi connectivity index (χ2v) is 13.7. The van der Waals surface area contributed by atoms with Crippen LogP contribution in [0.5, 0.6) is 0 Å². The minimum atomic E-state index is 0.582. The van der Waals surface area contributed by atoms with Crippen molar-refractivity contribution in [2.24, 2.45) is 11.3 Å². The van der Waals surface area contributed by atoms with Gasteiger partial charge in [0.15, 0.2) is 0 Å². The van der Waals surface area contributed by atoms with Crippen molar-refractivity contribution in [3.63, 3.8) is 0 Å². The van der Waals surface area contributed by atoms with Crippen LogP contribution in [-0.4, -0.2) is 5.88 Å². The van der Waals surface area contributed by atoms with E-state index in [9.17, 15) is 0 Å². The summed E-state index contributed by atoms with van der Waals surface area (Å²) in [4.78, 5) is 0. The molecule has 0 N–H and O–H groups in total. The van der Waals surface area contributed by atoms with Crippen molar-refractivity contribution in [3.8, 4) is 0 Å². The van der Waals surface area contributed by atoms with E-state index in [2.05, 4.69) is 139 Å². The molecule has 1 aromatic rings. The van der Waals surface area contributed by atoms with Crippen molar-refractivity contribution in [1.29, 1.82) is 0 Å². The zero-order chi connectivity index (χ0) is 38.6. The predicted octanol–water partition coefficient (Wildman–Crippen LogP) is 17.1. The molecule has 0 aromatic heterocycles. The fourth-order valence-corrected chi connectivity index (χ4v) is 2.78. The van der Waals surface area contributed by atoms with Crippen molar-refractivity contribution >= 4 is 11.6 Å². The summed E-state index contributed by atoms with van der Waals surface area (Å²) >= 11 is 5.38. The van der Waals surface area contributed by atoms with Gasteiger partial charge in [-0.15, -0.1) is 24.8 Å². The van der Waals surface area contributed by atoms with Crippen molar-refractivity contribution in [1.82, 2.24) is 0 Å². The SMILES string of the molecule is C/C=C(\C)CCl.C=C(C)/C=C(\C=C(/C)CC)C(C)C.C=C(C)C.C=C(C)CCC.CC.CCC(C)(C)CC.CCc1ccc(C)cc1. The molecule has 0 bridgehead atoms. The highest BCUT2D eigenvalue weighted by molar-refractivity contribution is 6.19. The van der Waals surface area contributed by atoms with E-state index in [4.69, 9.17) is 11.6 Å². The van der Waals surface area contributed by atoms with Gasteiger partial charge in [-0.05, 0) is 97.1 Å². The lowest BCUT2D eigenvalue weighted by Crippen LogP contribution is -2.05. The first kappa shape index (κ1) is 57.2. The van der Waals surface area contributed by atoms with Gasteiger partial charge in [0, 0.05) is 5.88 Å². The quantitative estimate of drug-likeness (QED) is 0.132. The Balaban J connectivity index is -0.000000110. The summed E-state index contributed by atoms with van der Waals surface area (Å²) in [6.07, 6.45) is 13.7. The second kappa shape index (κ2) is 40.1. The number of hydrogen-bond donors (Lipinski definition) is 0. The summed E-state index contributed by atoms with van der Waals surface area (Å²) in [5.74, 6) is 1.24. The number of aryl methyl sites for hydroxylation is 2. The third-order valence-electron chi connectivity index (χ3n) is 6.87. The molecule has 0 aliphatic rings. The molecule has 1 aromatic carbocycles. The molecule has 0 aliphatic carbocycles. The minimum Gasteiger partial charge on any atom is -0.122 e. The number of rotatable bonds is 10. The van der Waals surface area contributed by atoms with E-state index in [0.29, 0.717) is 17.2 Å². The summed E-state index contributed by atoms with van der Waals surface area (Å²) in [5, 5.41) is 0. The Hall–Kier alpha value is -2.05. The molecule has 0 saturated carbocycles. The van der Waals surface area contributed by atoms with Gasteiger partial charge in [0.1, 0.15) is 0 Å². The second-order valence-electron chi connectivity index (χ2n) is 13.4. The molecule has 0 spiro atoms. The van der Waals surface area contributed by atoms with Crippen LogP contribution in [0.2, 0.25) is 0 Å². The molecule has 1 heteroatoms. The summed E-state index contributed by atoms with van der Waals surface area (Å²) in [6, 6.07) is 8.66. The Bertz CT molecular complexity index is 935. The summed E-state index contributed by atoms with van der Waals surface area (Å²) < 4.78 is 0. The Kier molecular flexibility index (Phi) is 48.9. The van der Waals surface area contributed by atoms with E-state index in [-0.39, 0.29) is 0 Å². The third kappa shape index (κ3) is 56.6. The molecule has 47 heavy (non-hydrogen) atoms. The summed E-state index contributed by atoms with van der Waals surface area (Å²) in [5.41, 5.74) is 11.0. The molecule has 0 saturated heterocycles. The van der Waals surface area contributed by atoms with Gasteiger partial charge in [-0.3, -0.25) is 0 Å². The normalized spacial score (nSPS) is 10.7. The van der Waals surface area contributed by atoms with E-state index in [1.807, 2.05) is 54.5 Å². The van der Waals surface area contributed by atoms with Crippen LogP contribution in [0, 0.1) is 18.3 Å². The van der Waals surface area contributed by atoms with Crippen LogP contribution < -0.4 is 0 Å². The molecule has 0 amide bonds. The molecule has 0 unspecified atom stereocenters. The van der Waals surface area contributed by atoms with Gasteiger partial charge >= 0.3 is 0 Å². The van der Waals surface area contributed by atoms with Crippen LogP contribution in [0.4, 0.5) is 0 Å². The van der Waals surface area contributed by atoms with Gasteiger partial charge in [-0.2, -0.15) is 0 Å². The Morgan fingerprint density at radius 2 is 1.21 bits per heavy atom. The number of benzene rings is 1. The first-order valence-electron chi connectivity index (χ1n) is 18.3. The summed E-state index contributed by atoms with van der Waals surface area (Å²) in [6.45, 7) is 51.6. The number of halogens is 1. The predicted molar refractivity (Wildman–Crippen MR) is 228 cm³/mol. The molecule has 1 rings (SSSR count). The first-order valence-corrected chi connectivity index (χ1v) is 18.8. The Labute approximate surface area is 304 Å². The van der Waals surface area contributed by atoms with Crippen LogP contribution >= 0.6 is 11.6 Å². The van der Waals surface area contributed by atoms with Crippen LogP contribution in [0.3, 0.4) is 0 Å². The molecule has 0 heterocycles. The lowest BCUT2D eigenvalue weighted by molar-refractivity contribution is 0.338. The van der Waals surface area contributed by atoms with E-state index in [1.165, 1.54) is 64.7 Å². The Morgan fingerprint density at radius 1 is 0.787 bits per heavy atom.